The van der Waals surface area contributed by atoms with Crippen molar-refractivity contribution < 1.29 is 18.6 Å². The Morgan fingerprint density at radius 3 is 1.94 bits per heavy atom. The molecule has 0 amide bonds. The second kappa shape index (κ2) is 11.3. The highest BCUT2D eigenvalue weighted by atomic mass is 16.5. The maximum Gasteiger partial charge on any atom is 0.341 e. The fourth-order valence-electron chi connectivity index (χ4n) is 5.46. The molecule has 0 atom stereocenters. The lowest BCUT2D eigenvalue weighted by Gasteiger charge is -2.37. The van der Waals surface area contributed by atoms with Crippen LogP contribution in [0.5, 0.6) is 11.5 Å². The molecule has 0 N–H and O–H groups in total. The predicted octanol–water partition coefficient (Wildman–Crippen LogP) is 1.12. The van der Waals surface area contributed by atoms with Gasteiger partial charge in [0.05, 0.1) is 33.0 Å². The Hall–Kier alpha value is -2.17. The molecular weight excluding hydrogens is 448 g/mol. The smallest absolute Gasteiger partial charge is 0.341 e. The highest BCUT2D eigenvalue weighted by molar-refractivity contribution is 5.85. The Bertz CT molecular complexity index is 1060. The zero-order valence-corrected chi connectivity index (χ0v) is 21.1. The van der Waals surface area contributed by atoms with Crippen LogP contribution in [-0.2, 0) is 17.7 Å². The van der Waals surface area contributed by atoms with Crippen molar-refractivity contribution in [3.05, 3.63) is 33.7 Å². The van der Waals surface area contributed by atoms with Crippen molar-refractivity contribution in [3.8, 4) is 11.5 Å². The Balaban J connectivity index is 1.13. The topological polar surface area (TPSA) is 70.9 Å². The third kappa shape index (κ3) is 5.65. The van der Waals surface area contributed by atoms with E-state index in [9.17, 15) is 4.79 Å². The Morgan fingerprint density at radius 1 is 0.743 bits per heavy atom. The number of hydrogen-bond donors (Lipinski definition) is 0. The van der Waals surface area contributed by atoms with Crippen molar-refractivity contribution in [2.75, 3.05) is 99.4 Å². The average Bonchev–Trinajstić information content (AvgIpc) is 2.91. The number of methoxy groups -OCH3 is 2. The monoisotopic (exact) mass is 486 g/mol. The van der Waals surface area contributed by atoms with Crippen LogP contribution in [0.3, 0.4) is 0 Å². The minimum atomic E-state index is -0.238. The molecule has 1 aromatic carbocycles. The van der Waals surface area contributed by atoms with Crippen LogP contribution in [-0.4, -0.2) is 119 Å². The van der Waals surface area contributed by atoms with Crippen LogP contribution in [0.1, 0.15) is 11.1 Å². The van der Waals surface area contributed by atoms with Crippen LogP contribution in [0.4, 0.5) is 0 Å². The summed E-state index contributed by atoms with van der Waals surface area (Å²) >= 11 is 0. The summed E-state index contributed by atoms with van der Waals surface area (Å²) in [5.41, 5.74) is 2.19. The zero-order chi connectivity index (χ0) is 24.2. The number of nitrogens with zero attached hydrogens (tertiary/aromatic N) is 4. The molecule has 9 nitrogen and oxygen atoms in total. The molecule has 1 aromatic heterocycles. The van der Waals surface area contributed by atoms with E-state index in [0.29, 0.717) is 23.6 Å². The molecule has 4 heterocycles. The molecule has 35 heavy (non-hydrogen) atoms. The largest absolute Gasteiger partial charge is 0.493 e. The Labute approximate surface area is 207 Å². The normalized spacial score (nSPS) is 20.7. The van der Waals surface area contributed by atoms with Crippen LogP contribution < -0.4 is 15.1 Å². The molecule has 0 radical (unpaired) electrons. The summed E-state index contributed by atoms with van der Waals surface area (Å²) in [6.45, 7) is 14.2. The van der Waals surface area contributed by atoms with E-state index in [1.165, 1.54) is 0 Å². The van der Waals surface area contributed by atoms with E-state index in [0.717, 1.165) is 108 Å². The lowest BCUT2D eigenvalue weighted by Crippen LogP contribution is -2.51. The van der Waals surface area contributed by atoms with Crippen molar-refractivity contribution in [3.63, 3.8) is 0 Å². The van der Waals surface area contributed by atoms with Gasteiger partial charge in [-0.1, -0.05) is 0 Å². The van der Waals surface area contributed by atoms with Gasteiger partial charge in [0.1, 0.15) is 5.58 Å². The predicted molar refractivity (Wildman–Crippen MR) is 135 cm³/mol. The zero-order valence-electron chi connectivity index (χ0n) is 21.1. The lowest BCUT2D eigenvalue weighted by atomic mass is 9.97. The van der Waals surface area contributed by atoms with Gasteiger partial charge in [0, 0.05) is 90.0 Å². The van der Waals surface area contributed by atoms with E-state index < -0.39 is 0 Å². The summed E-state index contributed by atoms with van der Waals surface area (Å²) < 4.78 is 22.0. The van der Waals surface area contributed by atoms with Gasteiger partial charge in [0.25, 0.3) is 0 Å². The van der Waals surface area contributed by atoms with E-state index in [-0.39, 0.29) is 5.63 Å². The minimum Gasteiger partial charge on any atom is -0.493 e. The molecule has 0 unspecified atom stereocenters. The summed E-state index contributed by atoms with van der Waals surface area (Å²) in [5, 5.41) is 0.949. The quantitative estimate of drug-likeness (QED) is 0.511. The van der Waals surface area contributed by atoms with E-state index in [1.54, 1.807) is 20.3 Å². The van der Waals surface area contributed by atoms with Gasteiger partial charge >= 0.3 is 5.63 Å². The number of rotatable bonds is 8. The van der Waals surface area contributed by atoms with Crippen LogP contribution in [0.15, 0.2) is 21.3 Å². The number of ether oxygens (including phenoxy) is 3. The van der Waals surface area contributed by atoms with Crippen molar-refractivity contribution in [2.24, 2.45) is 0 Å². The molecule has 0 saturated carbocycles. The standard InChI is InChI=1S/C26H38N4O5/c1-32-24-17-21-20-3-4-30(19-22(20)26(31)35-23(21)18-25(24)33-2)12-11-28-7-5-27(6-8-28)9-10-29-13-15-34-16-14-29/h17-18H,3-16,19H2,1-2H3. The van der Waals surface area contributed by atoms with Crippen LogP contribution in [0.2, 0.25) is 0 Å². The summed E-state index contributed by atoms with van der Waals surface area (Å²) in [4.78, 5) is 22.8. The molecule has 2 fully saturated rings. The van der Waals surface area contributed by atoms with E-state index >= 15 is 0 Å². The number of fused-ring (bicyclic) bond motifs is 3. The van der Waals surface area contributed by atoms with Crippen LogP contribution >= 0.6 is 0 Å². The van der Waals surface area contributed by atoms with Crippen molar-refractivity contribution in [1.29, 1.82) is 0 Å². The first-order valence-corrected chi connectivity index (χ1v) is 12.8. The van der Waals surface area contributed by atoms with Crippen molar-refractivity contribution >= 4 is 11.0 Å². The van der Waals surface area contributed by atoms with E-state index in [2.05, 4.69) is 19.6 Å². The first-order chi connectivity index (χ1) is 17.1. The molecule has 2 aromatic rings. The van der Waals surface area contributed by atoms with Crippen LogP contribution in [0, 0.1) is 0 Å². The first kappa shape index (κ1) is 24.5. The van der Waals surface area contributed by atoms with Crippen LogP contribution in [0.25, 0.3) is 11.0 Å². The highest BCUT2D eigenvalue weighted by Crippen LogP contribution is 2.35. The van der Waals surface area contributed by atoms with Gasteiger partial charge < -0.3 is 18.6 Å². The van der Waals surface area contributed by atoms with Gasteiger partial charge in [-0.3, -0.25) is 19.6 Å². The molecule has 3 aliphatic rings. The first-order valence-electron chi connectivity index (χ1n) is 12.8. The minimum absolute atomic E-state index is 0.238. The van der Waals surface area contributed by atoms with Gasteiger partial charge in [-0.25, -0.2) is 4.79 Å². The fraction of sp³-hybridized carbons (Fsp3) is 0.654. The maximum absolute atomic E-state index is 12.8. The summed E-state index contributed by atoms with van der Waals surface area (Å²) in [6, 6.07) is 3.69. The molecule has 3 aliphatic heterocycles. The van der Waals surface area contributed by atoms with E-state index in [4.69, 9.17) is 18.6 Å². The Kier molecular flexibility index (Phi) is 7.89. The van der Waals surface area contributed by atoms with Gasteiger partial charge in [0.2, 0.25) is 0 Å². The molecule has 192 valence electrons. The SMILES string of the molecule is COc1cc2oc(=O)c3c(c2cc1OC)CCN(CCN1CCN(CCN2CCOCC2)CC1)C3. The Morgan fingerprint density at radius 2 is 1.31 bits per heavy atom. The maximum atomic E-state index is 12.8. The van der Waals surface area contributed by atoms with E-state index in [1.807, 2.05) is 6.07 Å². The molecule has 0 spiro atoms. The van der Waals surface area contributed by atoms with Gasteiger partial charge in [-0.15, -0.1) is 0 Å². The van der Waals surface area contributed by atoms with Gasteiger partial charge in [-0.2, -0.15) is 0 Å². The molecule has 5 rings (SSSR count). The molecular formula is C26H38N4O5. The molecule has 0 aliphatic carbocycles. The molecule has 9 heteroatoms. The number of benzene rings is 1. The van der Waals surface area contributed by atoms with Gasteiger partial charge in [0.15, 0.2) is 11.5 Å². The molecule has 0 bridgehead atoms. The van der Waals surface area contributed by atoms with Crippen molar-refractivity contribution in [2.45, 2.75) is 13.0 Å². The number of morpholine rings is 1. The summed E-state index contributed by atoms with van der Waals surface area (Å²) in [5.74, 6) is 1.23. The highest BCUT2D eigenvalue weighted by Gasteiger charge is 2.25. The second-order valence-electron chi connectivity index (χ2n) is 9.71. The third-order valence-electron chi connectivity index (χ3n) is 7.72. The third-order valence-corrected chi connectivity index (χ3v) is 7.72. The van der Waals surface area contributed by atoms with Gasteiger partial charge in [-0.05, 0) is 18.1 Å². The average molecular weight is 487 g/mol. The molecule has 2 saturated heterocycles. The number of piperazine rings is 1. The lowest BCUT2D eigenvalue weighted by molar-refractivity contribution is 0.0295. The fourth-order valence-corrected chi connectivity index (χ4v) is 5.46. The van der Waals surface area contributed by atoms with Crippen molar-refractivity contribution in [1.82, 2.24) is 19.6 Å². The second-order valence-corrected chi connectivity index (χ2v) is 9.71. The number of hydrogen-bond acceptors (Lipinski definition) is 9. The summed E-state index contributed by atoms with van der Waals surface area (Å²) in [6.07, 6.45) is 0.836. The summed E-state index contributed by atoms with van der Waals surface area (Å²) in [7, 11) is 3.21.